The molecule has 0 radical (unpaired) electrons. The van der Waals surface area contributed by atoms with Crippen molar-refractivity contribution in [2.75, 3.05) is 13.1 Å². The van der Waals surface area contributed by atoms with Gasteiger partial charge >= 0.3 is 0 Å². The second-order valence-corrected chi connectivity index (χ2v) is 7.54. The molecule has 1 saturated heterocycles. The molecule has 3 fully saturated rings. The number of hydrogen-bond donors (Lipinski definition) is 1. The van der Waals surface area contributed by atoms with Crippen LogP contribution in [-0.4, -0.2) is 39.4 Å². The largest absolute Gasteiger partial charge is 0.311 e. The van der Waals surface area contributed by atoms with Crippen LogP contribution in [0.4, 0.5) is 0 Å². The highest BCUT2D eigenvalue weighted by molar-refractivity contribution is 5.12. The molecule has 1 atom stereocenters. The van der Waals surface area contributed by atoms with Crippen LogP contribution in [0.15, 0.2) is 6.07 Å². The van der Waals surface area contributed by atoms with E-state index in [-0.39, 0.29) is 0 Å². The summed E-state index contributed by atoms with van der Waals surface area (Å²) in [6.07, 6.45) is 8.41. The summed E-state index contributed by atoms with van der Waals surface area (Å²) in [6.45, 7) is 5.60. The van der Waals surface area contributed by atoms with Crippen molar-refractivity contribution in [2.24, 2.45) is 13.0 Å². The molecule has 1 unspecified atom stereocenters. The Hall–Kier alpha value is -0.870. The van der Waals surface area contributed by atoms with Crippen LogP contribution in [0.3, 0.4) is 0 Å². The minimum absolute atomic E-state index is 0.420. The number of nitrogens with one attached hydrogen (secondary N) is 1. The first-order chi connectivity index (χ1) is 10.2. The summed E-state index contributed by atoms with van der Waals surface area (Å²) >= 11 is 0. The summed E-state index contributed by atoms with van der Waals surface area (Å²) < 4.78 is 2.08. The minimum atomic E-state index is 0.420. The van der Waals surface area contributed by atoms with E-state index >= 15 is 0 Å². The average Bonchev–Trinajstić information content (AvgIpc) is 3.12. The van der Waals surface area contributed by atoms with E-state index in [1.54, 1.807) is 0 Å². The first-order valence-electron chi connectivity index (χ1n) is 8.64. The van der Waals surface area contributed by atoms with Crippen LogP contribution in [-0.2, 0) is 13.6 Å². The SMILES string of the molecule is Cc1cc(CN2CC(C3CC3)NCC23CCCC3)n(C)n1. The molecule has 21 heavy (non-hydrogen) atoms. The number of rotatable bonds is 3. The Morgan fingerprint density at radius 3 is 2.71 bits per heavy atom. The summed E-state index contributed by atoms with van der Waals surface area (Å²) in [5, 5.41) is 8.42. The Morgan fingerprint density at radius 1 is 1.33 bits per heavy atom. The van der Waals surface area contributed by atoms with E-state index in [9.17, 15) is 0 Å². The molecule has 1 aromatic heterocycles. The third-order valence-corrected chi connectivity index (χ3v) is 5.96. The highest BCUT2D eigenvalue weighted by Gasteiger charge is 2.46. The van der Waals surface area contributed by atoms with Gasteiger partial charge in [-0.1, -0.05) is 12.8 Å². The van der Waals surface area contributed by atoms with E-state index in [1.807, 2.05) is 0 Å². The van der Waals surface area contributed by atoms with Gasteiger partial charge in [-0.3, -0.25) is 9.58 Å². The van der Waals surface area contributed by atoms with Gasteiger partial charge in [0, 0.05) is 38.3 Å². The van der Waals surface area contributed by atoms with Gasteiger partial charge < -0.3 is 5.32 Å². The van der Waals surface area contributed by atoms with Crippen molar-refractivity contribution >= 4 is 0 Å². The Balaban J connectivity index is 1.56. The number of piperazine rings is 1. The summed E-state index contributed by atoms with van der Waals surface area (Å²) in [6, 6.07) is 2.99. The maximum absolute atomic E-state index is 4.53. The van der Waals surface area contributed by atoms with Crippen LogP contribution >= 0.6 is 0 Å². The van der Waals surface area contributed by atoms with Gasteiger partial charge in [0.25, 0.3) is 0 Å². The fourth-order valence-corrected chi connectivity index (χ4v) is 4.51. The number of aromatic nitrogens is 2. The fraction of sp³-hybridized carbons (Fsp3) is 0.824. The van der Waals surface area contributed by atoms with Crippen LogP contribution in [0.5, 0.6) is 0 Å². The standard InChI is InChI=1S/C17H28N4/c1-13-9-15(20(2)19-13)10-21-11-16(14-5-6-14)18-12-17(21)7-3-4-8-17/h9,14,16,18H,3-8,10-12H2,1-2H3. The van der Waals surface area contributed by atoms with Gasteiger partial charge in [-0.2, -0.15) is 5.10 Å². The summed E-state index contributed by atoms with van der Waals surface area (Å²) in [7, 11) is 2.09. The lowest BCUT2D eigenvalue weighted by Gasteiger charge is -2.48. The van der Waals surface area contributed by atoms with Crippen LogP contribution in [0.1, 0.15) is 49.9 Å². The molecule has 4 rings (SSSR count). The molecular formula is C17H28N4. The summed E-state index contributed by atoms with van der Waals surface area (Å²) in [5.74, 6) is 0.944. The molecule has 1 spiro atoms. The molecule has 0 amide bonds. The minimum Gasteiger partial charge on any atom is -0.311 e. The molecule has 4 nitrogen and oxygen atoms in total. The zero-order chi connectivity index (χ0) is 14.4. The van der Waals surface area contributed by atoms with E-state index in [1.165, 1.54) is 57.3 Å². The molecule has 3 aliphatic rings. The van der Waals surface area contributed by atoms with Crippen LogP contribution in [0.2, 0.25) is 0 Å². The van der Waals surface area contributed by atoms with Gasteiger partial charge in [-0.15, -0.1) is 0 Å². The number of aryl methyl sites for hydroxylation is 2. The van der Waals surface area contributed by atoms with Crippen molar-refractivity contribution in [3.05, 3.63) is 17.5 Å². The predicted molar refractivity (Wildman–Crippen MR) is 84.1 cm³/mol. The van der Waals surface area contributed by atoms with Crippen molar-refractivity contribution in [1.82, 2.24) is 20.0 Å². The predicted octanol–water partition coefficient (Wildman–Crippen LogP) is 2.23. The quantitative estimate of drug-likeness (QED) is 0.926. The molecule has 116 valence electrons. The second-order valence-electron chi connectivity index (χ2n) is 7.54. The maximum Gasteiger partial charge on any atom is 0.0597 e. The van der Waals surface area contributed by atoms with Crippen LogP contribution in [0, 0.1) is 12.8 Å². The first kappa shape index (κ1) is 13.8. The van der Waals surface area contributed by atoms with Crippen molar-refractivity contribution in [2.45, 2.75) is 63.6 Å². The molecule has 1 aliphatic heterocycles. The Labute approximate surface area is 127 Å². The lowest BCUT2D eigenvalue weighted by Crippen LogP contribution is -2.63. The normalized spacial score (nSPS) is 29.3. The van der Waals surface area contributed by atoms with Gasteiger partial charge in [0.2, 0.25) is 0 Å². The lowest BCUT2D eigenvalue weighted by molar-refractivity contribution is 0.0292. The zero-order valence-electron chi connectivity index (χ0n) is 13.4. The Kier molecular flexibility index (Phi) is 3.34. The molecule has 0 aromatic carbocycles. The van der Waals surface area contributed by atoms with Gasteiger partial charge in [0.1, 0.15) is 0 Å². The zero-order valence-corrected chi connectivity index (χ0v) is 13.4. The van der Waals surface area contributed by atoms with E-state index in [2.05, 4.69) is 40.0 Å². The van der Waals surface area contributed by atoms with Gasteiger partial charge in [-0.05, 0) is 44.6 Å². The van der Waals surface area contributed by atoms with Gasteiger partial charge in [0.05, 0.1) is 11.4 Å². The molecule has 0 bridgehead atoms. The molecule has 1 N–H and O–H groups in total. The third-order valence-electron chi connectivity index (χ3n) is 5.96. The third kappa shape index (κ3) is 2.53. The lowest BCUT2D eigenvalue weighted by atomic mass is 9.89. The fourth-order valence-electron chi connectivity index (χ4n) is 4.51. The van der Waals surface area contributed by atoms with Crippen molar-refractivity contribution in [3.63, 3.8) is 0 Å². The Morgan fingerprint density at radius 2 is 2.10 bits per heavy atom. The van der Waals surface area contributed by atoms with E-state index in [4.69, 9.17) is 0 Å². The maximum atomic E-state index is 4.53. The van der Waals surface area contributed by atoms with Gasteiger partial charge in [-0.25, -0.2) is 0 Å². The molecule has 2 saturated carbocycles. The molecule has 2 heterocycles. The first-order valence-corrected chi connectivity index (χ1v) is 8.64. The van der Waals surface area contributed by atoms with E-state index < -0.39 is 0 Å². The van der Waals surface area contributed by atoms with Crippen molar-refractivity contribution < 1.29 is 0 Å². The number of nitrogens with zero attached hydrogens (tertiary/aromatic N) is 3. The van der Waals surface area contributed by atoms with Crippen LogP contribution < -0.4 is 5.32 Å². The molecule has 2 aliphatic carbocycles. The monoisotopic (exact) mass is 288 g/mol. The molecular weight excluding hydrogens is 260 g/mol. The second kappa shape index (κ2) is 5.10. The topological polar surface area (TPSA) is 33.1 Å². The average molecular weight is 288 g/mol. The summed E-state index contributed by atoms with van der Waals surface area (Å²) in [5.41, 5.74) is 2.93. The number of hydrogen-bond acceptors (Lipinski definition) is 3. The van der Waals surface area contributed by atoms with Gasteiger partial charge in [0.15, 0.2) is 0 Å². The van der Waals surface area contributed by atoms with E-state index in [0.29, 0.717) is 5.54 Å². The summed E-state index contributed by atoms with van der Waals surface area (Å²) in [4.78, 5) is 2.80. The van der Waals surface area contributed by atoms with Crippen molar-refractivity contribution in [3.8, 4) is 0 Å². The van der Waals surface area contributed by atoms with Crippen LogP contribution in [0.25, 0.3) is 0 Å². The highest BCUT2D eigenvalue weighted by Crippen LogP contribution is 2.41. The van der Waals surface area contributed by atoms with Crippen molar-refractivity contribution in [1.29, 1.82) is 0 Å². The van der Waals surface area contributed by atoms with E-state index in [0.717, 1.165) is 24.2 Å². The molecule has 1 aromatic rings. The molecule has 4 heteroatoms. The smallest absolute Gasteiger partial charge is 0.0597 e. The highest BCUT2D eigenvalue weighted by atomic mass is 15.3. The Bertz CT molecular complexity index is 511.